The molecule has 0 spiro atoms. The summed E-state index contributed by atoms with van der Waals surface area (Å²) in [6.07, 6.45) is 8.65. The summed E-state index contributed by atoms with van der Waals surface area (Å²) in [5.41, 5.74) is 5.64. The van der Waals surface area contributed by atoms with Crippen LogP contribution >= 0.6 is 0 Å². The SMILES string of the molecule is Nc1cncc(N2C3CCC2CC3)n1. The molecule has 1 aromatic heterocycles. The first-order chi connectivity index (χ1) is 6.84. The molecular formula is C10H14N4. The highest BCUT2D eigenvalue weighted by molar-refractivity contribution is 5.46. The molecule has 0 aromatic carbocycles. The van der Waals surface area contributed by atoms with Crippen molar-refractivity contribution >= 4 is 11.6 Å². The molecule has 2 aliphatic rings. The minimum Gasteiger partial charge on any atom is -0.382 e. The van der Waals surface area contributed by atoms with E-state index in [0.29, 0.717) is 17.9 Å². The molecule has 0 amide bonds. The van der Waals surface area contributed by atoms with Gasteiger partial charge in [0.25, 0.3) is 0 Å². The van der Waals surface area contributed by atoms with Crippen molar-refractivity contribution in [3.63, 3.8) is 0 Å². The first-order valence-electron chi connectivity index (χ1n) is 5.20. The Kier molecular flexibility index (Phi) is 1.63. The second-order valence-corrected chi connectivity index (χ2v) is 4.17. The van der Waals surface area contributed by atoms with E-state index < -0.39 is 0 Å². The van der Waals surface area contributed by atoms with Crippen molar-refractivity contribution in [3.05, 3.63) is 12.4 Å². The monoisotopic (exact) mass is 190 g/mol. The van der Waals surface area contributed by atoms with Gasteiger partial charge in [-0.3, -0.25) is 4.98 Å². The number of anilines is 2. The second-order valence-electron chi connectivity index (χ2n) is 4.17. The van der Waals surface area contributed by atoms with Gasteiger partial charge in [-0.05, 0) is 25.7 Å². The highest BCUT2D eigenvalue weighted by atomic mass is 15.3. The fourth-order valence-corrected chi connectivity index (χ4v) is 2.78. The van der Waals surface area contributed by atoms with Gasteiger partial charge in [-0.1, -0.05) is 0 Å². The second kappa shape index (κ2) is 2.83. The molecule has 0 saturated carbocycles. The number of hydrogen-bond donors (Lipinski definition) is 1. The standard InChI is InChI=1S/C10H14N4/c11-9-5-12-6-10(13-9)14-7-1-2-8(14)4-3-7/h5-8H,1-4H2,(H2,11,13). The number of nitrogens with zero attached hydrogens (tertiary/aromatic N) is 3. The number of aromatic nitrogens is 2. The quantitative estimate of drug-likeness (QED) is 0.722. The van der Waals surface area contributed by atoms with E-state index in [4.69, 9.17) is 5.73 Å². The van der Waals surface area contributed by atoms with Gasteiger partial charge in [0, 0.05) is 12.1 Å². The van der Waals surface area contributed by atoms with Gasteiger partial charge in [-0.2, -0.15) is 0 Å². The molecule has 0 unspecified atom stereocenters. The van der Waals surface area contributed by atoms with E-state index in [9.17, 15) is 0 Å². The Hall–Kier alpha value is -1.32. The Labute approximate surface area is 83.1 Å². The number of nitrogens with two attached hydrogens (primary N) is 1. The highest BCUT2D eigenvalue weighted by Gasteiger charge is 2.39. The molecular weight excluding hydrogens is 176 g/mol. The largest absolute Gasteiger partial charge is 0.382 e. The first-order valence-corrected chi connectivity index (χ1v) is 5.20. The topological polar surface area (TPSA) is 55.0 Å². The molecule has 3 heterocycles. The summed E-state index contributed by atoms with van der Waals surface area (Å²) in [6, 6.07) is 1.38. The molecule has 2 bridgehead atoms. The summed E-state index contributed by atoms with van der Waals surface area (Å²) in [6.45, 7) is 0. The summed E-state index contributed by atoms with van der Waals surface area (Å²) >= 11 is 0. The van der Waals surface area contributed by atoms with Crippen LogP contribution in [0, 0.1) is 0 Å². The van der Waals surface area contributed by atoms with Crippen LogP contribution in [-0.4, -0.2) is 22.1 Å². The van der Waals surface area contributed by atoms with Gasteiger partial charge in [0.05, 0.1) is 12.4 Å². The first kappa shape index (κ1) is 8.03. The summed E-state index contributed by atoms with van der Waals surface area (Å²) in [4.78, 5) is 10.8. The third kappa shape index (κ3) is 1.06. The van der Waals surface area contributed by atoms with Crippen molar-refractivity contribution in [1.82, 2.24) is 9.97 Å². The molecule has 0 radical (unpaired) electrons. The van der Waals surface area contributed by atoms with Crippen LogP contribution in [-0.2, 0) is 0 Å². The molecule has 2 saturated heterocycles. The molecule has 2 N–H and O–H groups in total. The zero-order valence-electron chi connectivity index (χ0n) is 8.06. The van der Waals surface area contributed by atoms with Crippen LogP contribution in [0.2, 0.25) is 0 Å². The maximum absolute atomic E-state index is 5.64. The van der Waals surface area contributed by atoms with Crippen molar-refractivity contribution in [2.45, 2.75) is 37.8 Å². The van der Waals surface area contributed by atoms with Crippen molar-refractivity contribution in [3.8, 4) is 0 Å². The van der Waals surface area contributed by atoms with E-state index in [1.165, 1.54) is 25.7 Å². The van der Waals surface area contributed by atoms with Crippen LogP contribution in [0.5, 0.6) is 0 Å². The Balaban J connectivity index is 1.95. The number of nitrogen functional groups attached to an aromatic ring is 1. The van der Waals surface area contributed by atoms with Crippen LogP contribution in [0.15, 0.2) is 12.4 Å². The van der Waals surface area contributed by atoms with Crippen molar-refractivity contribution in [1.29, 1.82) is 0 Å². The van der Waals surface area contributed by atoms with Crippen molar-refractivity contribution in [2.24, 2.45) is 0 Å². The third-order valence-electron chi connectivity index (χ3n) is 3.36. The predicted molar refractivity (Wildman–Crippen MR) is 55.0 cm³/mol. The number of fused-ring (bicyclic) bond motifs is 2. The van der Waals surface area contributed by atoms with Crippen LogP contribution in [0.25, 0.3) is 0 Å². The fraction of sp³-hybridized carbons (Fsp3) is 0.600. The zero-order chi connectivity index (χ0) is 9.54. The Bertz CT molecular complexity index is 332. The Morgan fingerprint density at radius 3 is 2.36 bits per heavy atom. The van der Waals surface area contributed by atoms with Crippen LogP contribution in [0.4, 0.5) is 11.6 Å². The van der Waals surface area contributed by atoms with Crippen LogP contribution < -0.4 is 10.6 Å². The van der Waals surface area contributed by atoms with E-state index in [1.807, 2.05) is 6.20 Å². The van der Waals surface area contributed by atoms with Gasteiger partial charge >= 0.3 is 0 Å². The van der Waals surface area contributed by atoms with Gasteiger partial charge < -0.3 is 10.6 Å². The maximum Gasteiger partial charge on any atom is 0.150 e. The van der Waals surface area contributed by atoms with E-state index >= 15 is 0 Å². The molecule has 14 heavy (non-hydrogen) atoms. The molecule has 74 valence electrons. The highest BCUT2D eigenvalue weighted by Crippen LogP contribution is 2.39. The molecule has 0 atom stereocenters. The number of rotatable bonds is 1. The molecule has 2 aliphatic heterocycles. The molecule has 0 aliphatic carbocycles. The molecule has 4 heteroatoms. The summed E-state index contributed by atoms with van der Waals surface area (Å²) in [5.74, 6) is 1.49. The zero-order valence-corrected chi connectivity index (χ0v) is 8.06. The van der Waals surface area contributed by atoms with E-state index in [-0.39, 0.29) is 0 Å². The Morgan fingerprint density at radius 2 is 1.79 bits per heavy atom. The fourth-order valence-electron chi connectivity index (χ4n) is 2.78. The molecule has 2 fully saturated rings. The van der Waals surface area contributed by atoms with Gasteiger partial charge in [0.15, 0.2) is 0 Å². The van der Waals surface area contributed by atoms with E-state index in [1.54, 1.807) is 6.20 Å². The average Bonchev–Trinajstić information content (AvgIpc) is 2.76. The van der Waals surface area contributed by atoms with Crippen molar-refractivity contribution in [2.75, 3.05) is 10.6 Å². The molecule has 4 nitrogen and oxygen atoms in total. The lowest BCUT2D eigenvalue weighted by molar-refractivity contribution is 0.576. The average molecular weight is 190 g/mol. The Morgan fingerprint density at radius 1 is 1.14 bits per heavy atom. The summed E-state index contributed by atoms with van der Waals surface area (Å²) in [5, 5.41) is 0. The minimum atomic E-state index is 0.522. The van der Waals surface area contributed by atoms with Gasteiger partial charge in [0.1, 0.15) is 11.6 Å². The van der Waals surface area contributed by atoms with Gasteiger partial charge in [0.2, 0.25) is 0 Å². The van der Waals surface area contributed by atoms with Gasteiger partial charge in [-0.15, -0.1) is 0 Å². The van der Waals surface area contributed by atoms with Crippen LogP contribution in [0.3, 0.4) is 0 Å². The summed E-state index contributed by atoms with van der Waals surface area (Å²) in [7, 11) is 0. The third-order valence-corrected chi connectivity index (χ3v) is 3.36. The normalized spacial score (nSPS) is 29.9. The number of hydrogen-bond acceptors (Lipinski definition) is 4. The van der Waals surface area contributed by atoms with Crippen molar-refractivity contribution < 1.29 is 0 Å². The smallest absolute Gasteiger partial charge is 0.150 e. The van der Waals surface area contributed by atoms with E-state index in [2.05, 4.69) is 14.9 Å². The molecule has 1 aromatic rings. The van der Waals surface area contributed by atoms with Crippen LogP contribution in [0.1, 0.15) is 25.7 Å². The lowest BCUT2D eigenvalue weighted by Crippen LogP contribution is -2.29. The van der Waals surface area contributed by atoms with Gasteiger partial charge in [-0.25, -0.2) is 4.98 Å². The maximum atomic E-state index is 5.64. The minimum absolute atomic E-state index is 0.522. The van der Waals surface area contributed by atoms with E-state index in [0.717, 1.165) is 5.82 Å². The molecule has 3 rings (SSSR count). The summed E-state index contributed by atoms with van der Waals surface area (Å²) < 4.78 is 0. The lowest BCUT2D eigenvalue weighted by atomic mass is 10.0. The lowest BCUT2D eigenvalue weighted by Gasteiger charge is -2.22. The predicted octanol–water partition coefficient (Wildman–Crippen LogP) is 1.19.